The highest BCUT2D eigenvalue weighted by Crippen LogP contribution is 2.36. The summed E-state index contributed by atoms with van der Waals surface area (Å²) < 4.78 is -1.63. The van der Waals surface area contributed by atoms with E-state index in [4.69, 9.17) is 34.8 Å². The highest BCUT2D eigenvalue weighted by atomic mass is 35.6. The summed E-state index contributed by atoms with van der Waals surface area (Å²) in [5, 5.41) is 3.61. The molecule has 1 rings (SSSR count). The van der Waals surface area contributed by atoms with Gasteiger partial charge in [0, 0.05) is 6.54 Å². The number of aromatic nitrogens is 3. The molecular weight excluding hydrogens is 303 g/mol. The first kappa shape index (κ1) is 15.1. The van der Waals surface area contributed by atoms with E-state index < -0.39 is 3.79 Å². The lowest BCUT2D eigenvalue weighted by Gasteiger charge is -2.12. The summed E-state index contributed by atoms with van der Waals surface area (Å²) >= 11 is 18.7. The molecule has 0 unspecified atom stereocenters. The number of halogens is 3. The van der Waals surface area contributed by atoms with Crippen molar-refractivity contribution in [3.63, 3.8) is 0 Å². The fourth-order valence-electron chi connectivity index (χ4n) is 1.03. The third kappa shape index (κ3) is 5.04. The van der Waals surface area contributed by atoms with Gasteiger partial charge in [-0.1, -0.05) is 59.9 Å². The summed E-state index contributed by atoms with van der Waals surface area (Å²) in [5.41, 5.74) is 0. The Bertz CT molecular complexity index is 370. The molecule has 0 aliphatic carbocycles. The minimum atomic E-state index is -1.63. The van der Waals surface area contributed by atoms with E-state index >= 15 is 0 Å². The molecule has 0 aliphatic rings. The minimum absolute atomic E-state index is 0.140. The third-order valence-electron chi connectivity index (χ3n) is 1.86. The number of hydrogen-bond donors (Lipinski definition) is 1. The Kier molecular flexibility index (Phi) is 6.06. The SMILES string of the molecule is CCCCNc1nc(SC)nc(C(Cl)(Cl)Cl)n1. The molecule has 0 saturated heterocycles. The highest BCUT2D eigenvalue weighted by molar-refractivity contribution is 7.98. The van der Waals surface area contributed by atoms with E-state index in [1.54, 1.807) is 0 Å². The van der Waals surface area contributed by atoms with Crippen molar-refractivity contribution in [2.24, 2.45) is 0 Å². The first-order valence-electron chi connectivity index (χ1n) is 5.08. The van der Waals surface area contributed by atoms with Crippen LogP contribution < -0.4 is 5.32 Å². The molecule has 0 amide bonds. The van der Waals surface area contributed by atoms with Gasteiger partial charge in [-0.15, -0.1) is 0 Å². The number of nitrogens with zero attached hydrogens (tertiary/aromatic N) is 3. The lowest BCUT2D eigenvalue weighted by Crippen LogP contribution is -2.13. The molecule has 1 aromatic heterocycles. The molecule has 0 atom stereocenters. The Morgan fingerprint density at radius 3 is 2.47 bits per heavy atom. The zero-order valence-corrected chi connectivity index (χ0v) is 12.6. The summed E-state index contributed by atoms with van der Waals surface area (Å²) in [4.78, 5) is 12.3. The van der Waals surface area contributed by atoms with Gasteiger partial charge in [-0.2, -0.15) is 9.97 Å². The van der Waals surface area contributed by atoms with Crippen molar-refractivity contribution in [3.05, 3.63) is 5.82 Å². The number of thioether (sulfide) groups is 1. The molecule has 1 N–H and O–H groups in total. The topological polar surface area (TPSA) is 50.7 Å². The first-order chi connectivity index (χ1) is 7.97. The number of unbranched alkanes of at least 4 members (excludes halogenated alkanes) is 1. The fourth-order valence-corrected chi connectivity index (χ4v) is 1.64. The molecule has 0 spiro atoms. The van der Waals surface area contributed by atoms with E-state index in [0.717, 1.165) is 19.4 Å². The van der Waals surface area contributed by atoms with Crippen LogP contribution in [-0.2, 0) is 3.79 Å². The predicted octanol–water partition coefficient (Wildman–Crippen LogP) is 3.63. The molecule has 17 heavy (non-hydrogen) atoms. The number of hydrogen-bond acceptors (Lipinski definition) is 5. The van der Waals surface area contributed by atoms with Gasteiger partial charge in [0.1, 0.15) is 0 Å². The van der Waals surface area contributed by atoms with E-state index in [9.17, 15) is 0 Å². The monoisotopic (exact) mass is 314 g/mol. The van der Waals surface area contributed by atoms with Crippen molar-refractivity contribution >= 4 is 52.5 Å². The Morgan fingerprint density at radius 1 is 1.24 bits per heavy atom. The number of rotatable bonds is 5. The summed E-state index contributed by atoms with van der Waals surface area (Å²) in [7, 11) is 0. The van der Waals surface area contributed by atoms with Gasteiger partial charge >= 0.3 is 0 Å². The van der Waals surface area contributed by atoms with E-state index in [2.05, 4.69) is 27.2 Å². The normalized spacial score (nSPS) is 11.6. The van der Waals surface area contributed by atoms with Crippen LogP contribution in [0, 0.1) is 0 Å². The second-order valence-electron chi connectivity index (χ2n) is 3.25. The van der Waals surface area contributed by atoms with Gasteiger partial charge in [0.15, 0.2) is 11.0 Å². The van der Waals surface area contributed by atoms with Crippen LogP contribution in [-0.4, -0.2) is 27.8 Å². The molecule has 8 heteroatoms. The number of alkyl halides is 3. The molecule has 1 aromatic rings. The van der Waals surface area contributed by atoms with Crippen LogP contribution in [0.15, 0.2) is 5.16 Å². The molecule has 0 aromatic carbocycles. The Morgan fingerprint density at radius 2 is 1.94 bits per heavy atom. The van der Waals surface area contributed by atoms with Crippen molar-refractivity contribution in [1.82, 2.24) is 15.0 Å². The fraction of sp³-hybridized carbons (Fsp3) is 0.667. The van der Waals surface area contributed by atoms with Crippen LogP contribution in [0.5, 0.6) is 0 Å². The van der Waals surface area contributed by atoms with Crippen molar-refractivity contribution in [2.75, 3.05) is 18.1 Å². The summed E-state index contributed by atoms with van der Waals surface area (Å²) in [6, 6.07) is 0. The van der Waals surface area contributed by atoms with Crippen LogP contribution in [0.1, 0.15) is 25.6 Å². The third-order valence-corrected chi connectivity index (χ3v) is 2.92. The van der Waals surface area contributed by atoms with Crippen LogP contribution >= 0.6 is 46.6 Å². The van der Waals surface area contributed by atoms with Crippen LogP contribution in [0.3, 0.4) is 0 Å². The van der Waals surface area contributed by atoms with Gasteiger partial charge in [-0.3, -0.25) is 0 Å². The maximum Gasteiger partial charge on any atom is 0.250 e. The molecule has 0 saturated carbocycles. The molecule has 0 aliphatic heterocycles. The Hall–Kier alpha value is 0.0300. The standard InChI is InChI=1S/C9H13Cl3N4S/c1-3-4-5-13-7-14-6(9(10,11)12)15-8(16-7)17-2/h3-5H2,1-2H3,(H,13,14,15,16). The van der Waals surface area contributed by atoms with Gasteiger partial charge in [0.05, 0.1) is 0 Å². The average molecular weight is 316 g/mol. The van der Waals surface area contributed by atoms with Gasteiger partial charge < -0.3 is 5.32 Å². The molecule has 96 valence electrons. The lowest BCUT2D eigenvalue weighted by molar-refractivity contribution is 0.793. The van der Waals surface area contributed by atoms with Gasteiger partial charge in [-0.25, -0.2) is 4.98 Å². The molecule has 1 heterocycles. The quantitative estimate of drug-likeness (QED) is 0.511. The summed E-state index contributed by atoms with van der Waals surface area (Å²) in [5.74, 6) is 0.583. The zero-order chi connectivity index (χ0) is 12.9. The maximum absolute atomic E-state index is 5.76. The van der Waals surface area contributed by atoms with E-state index in [1.807, 2.05) is 6.26 Å². The highest BCUT2D eigenvalue weighted by Gasteiger charge is 2.28. The Labute approximate surface area is 120 Å². The predicted molar refractivity (Wildman–Crippen MR) is 74.2 cm³/mol. The largest absolute Gasteiger partial charge is 0.354 e. The average Bonchev–Trinajstić information content (AvgIpc) is 2.28. The van der Waals surface area contributed by atoms with E-state index in [-0.39, 0.29) is 5.82 Å². The number of anilines is 1. The van der Waals surface area contributed by atoms with E-state index in [1.165, 1.54) is 11.8 Å². The maximum atomic E-state index is 5.76. The molecular formula is C9H13Cl3N4S. The van der Waals surface area contributed by atoms with Crippen molar-refractivity contribution in [2.45, 2.75) is 28.7 Å². The summed E-state index contributed by atoms with van der Waals surface area (Å²) in [6.07, 6.45) is 3.97. The van der Waals surface area contributed by atoms with Gasteiger partial charge in [0.25, 0.3) is 0 Å². The minimum Gasteiger partial charge on any atom is -0.354 e. The van der Waals surface area contributed by atoms with Gasteiger partial charge in [-0.05, 0) is 12.7 Å². The van der Waals surface area contributed by atoms with Crippen molar-refractivity contribution < 1.29 is 0 Å². The first-order valence-corrected chi connectivity index (χ1v) is 7.44. The molecule has 0 fully saturated rings. The second kappa shape index (κ2) is 6.83. The van der Waals surface area contributed by atoms with Crippen molar-refractivity contribution in [1.29, 1.82) is 0 Å². The molecule has 0 bridgehead atoms. The molecule has 4 nitrogen and oxygen atoms in total. The second-order valence-corrected chi connectivity index (χ2v) is 6.30. The molecule has 0 radical (unpaired) electrons. The number of nitrogens with one attached hydrogen (secondary N) is 1. The zero-order valence-electron chi connectivity index (χ0n) is 9.51. The van der Waals surface area contributed by atoms with Crippen LogP contribution in [0.2, 0.25) is 0 Å². The van der Waals surface area contributed by atoms with Crippen LogP contribution in [0.4, 0.5) is 5.95 Å². The van der Waals surface area contributed by atoms with Crippen molar-refractivity contribution in [3.8, 4) is 0 Å². The smallest absolute Gasteiger partial charge is 0.250 e. The van der Waals surface area contributed by atoms with Gasteiger partial charge in [0.2, 0.25) is 9.74 Å². The van der Waals surface area contributed by atoms with E-state index in [0.29, 0.717) is 11.1 Å². The summed E-state index contributed by atoms with van der Waals surface area (Å²) in [6.45, 7) is 2.89. The van der Waals surface area contributed by atoms with Crippen LogP contribution in [0.25, 0.3) is 0 Å². The lowest BCUT2D eigenvalue weighted by atomic mass is 10.3. The Balaban J connectivity index is 2.89.